The lowest BCUT2D eigenvalue weighted by molar-refractivity contribution is 0.794. The Morgan fingerprint density at radius 1 is 0.333 bits per heavy atom. The molecule has 3 aliphatic rings. The van der Waals surface area contributed by atoms with Crippen molar-refractivity contribution in [2.75, 3.05) is 0 Å². The van der Waals surface area contributed by atoms with E-state index in [2.05, 4.69) is 170 Å². The Bertz CT molecular complexity index is 2590. The van der Waals surface area contributed by atoms with E-state index in [1.54, 1.807) is 0 Å². The summed E-state index contributed by atoms with van der Waals surface area (Å²) in [5.74, 6) is 0. The quantitative estimate of drug-likeness (QED) is 0.184. The van der Waals surface area contributed by atoms with Gasteiger partial charge in [-0.1, -0.05) is 163 Å². The third-order valence-corrected chi connectivity index (χ3v) is 12.0. The highest BCUT2D eigenvalue weighted by Crippen LogP contribution is 2.64. The largest absolute Gasteiger partial charge is 0.0888 e. The van der Waals surface area contributed by atoms with Gasteiger partial charge in [-0.25, -0.2) is 0 Å². The number of rotatable bonds is 2. The predicted octanol–water partition coefficient (Wildman–Crippen LogP) is 12.6. The Kier molecular flexibility index (Phi) is 5.34. The van der Waals surface area contributed by atoms with E-state index < -0.39 is 0 Å². The number of fused-ring (bicyclic) bond motifs is 12. The van der Waals surface area contributed by atoms with Crippen molar-refractivity contribution in [3.8, 4) is 55.6 Å². The molecular formula is C47H28S. The highest BCUT2D eigenvalue weighted by Gasteiger charge is 2.51. The van der Waals surface area contributed by atoms with Crippen molar-refractivity contribution in [1.82, 2.24) is 0 Å². The smallest absolute Gasteiger partial charge is 0.0725 e. The van der Waals surface area contributed by atoms with Gasteiger partial charge in [-0.3, -0.25) is 0 Å². The van der Waals surface area contributed by atoms with Crippen LogP contribution >= 0.6 is 11.8 Å². The van der Waals surface area contributed by atoms with Gasteiger partial charge < -0.3 is 0 Å². The van der Waals surface area contributed by atoms with Crippen LogP contribution in [0.1, 0.15) is 22.3 Å². The standard InChI is InChI=1S/C47H28S/c1-4-17-39-34(12-1)35-13-2-5-18-40(35)47(39)41-19-6-3-14-37(41)46-33(15-9-20-42(46)47)30-24-22-29(23-25-30)32-26-27-43-38(28-32)36-16-7-10-31-11-8-21-44(48-43)45(31)36/h1-28H. The minimum absolute atomic E-state index is 0.322. The summed E-state index contributed by atoms with van der Waals surface area (Å²) in [6.45, 7) is 0. The fourth-order valence-corrected chi connectivity index (χ4v) is 10.1. The van der Waals surface area contributed by atoms with Gasteiger partial charge in [-0.2, -0.15) is 0 Å². The van der Waals surface area contributed by atoms with Gasteiger partial charge in [-0.05, 0) is 101 Å². The zero-order chi connectivity index (χ0) is 31.4. The van der Waals surface area contributed by atoms with E-state index in [1.165, 1.54) is 98.5 Å². The van der Waals surface area contributed by atoms with E-state index in [9.17, 15) is 0 Å². The summed E-state index contributed by atoms with van der Waals surface area (Å²) in [5, 5.41) is 2.68. The second kappa shape index (κ2) is 9.70. The molecule has 222 valence electrons. The Balaban J connectivity index is 1.06. The highest BCUT2D eigenvalue weighted by atomic mass is 32.2. The summed E-state index contributed by atoms with van der Waals surface area (Å²) in [5.41, 5.74) is 18.2. The van der Waals surface area contributed by atoms with Crippen LogP contribution in [0.15, 0.2) is 180 Å². The van der Waals surface area contributed by atoms with Gasteiger partial charge in [0.05, 0.1) is 5.41 Å². The van der Waals surface area contributed by atoms with Crippen LogP contribution in [0.2, 0.25) is 0 Å². The van der Waals surface area contributed by atoms with Gasteiger partial charge in [0.2, 0.25) is 0 Å². The van der Waals surface area contributed by atoms with Crippen LogP contribution in [0.3, 0.4) is 0 Å². The Morgan fingerprint density at radius 2 is 0.875 bits per heavy atom. The van der Waals surface area contributed by atoms with Crippen LogP contribution in [0.5, 0.6) is 0 Å². The minimum Gasteiger partial charge on any atom is -0.0888 e. The van der Waals surface area contributed by atoms with E-state index in [-0.39, 0.29) is 5.41 Å². The average molecular weight is 625 g/mol. The highest BCUT2D eigenvalue weighted by molar-refractivity contribution is 7.99. The fraction of sp³-hybridized carbons (Fsp3) is 0.0213. The van der Waals surface area contributed by atoms with Crippen molar-refractivity contribution in [2.24, 2.45) is 0 Å². The topological polar surface area (TPSA) is 0 Å². The molecule has 1 heterocycles. The molecule has 0 aromatic heterocycles. The first-order chi connectivity index (χ1) is 23.8. The third kappa shape index (κ3) is 3.36. The van der Waals surface area contributed by atoms with Gasteiger partial charge in [-0.15, -0.1) is 0 Å². The van der Waals surface area contributed by atoms with Crippen LogP contribution in [0.25, 0.3) is 66.4 Å². The van der Waals surface area contributed by atoms with Crippen LogP contribution in [0, 0.1) is 0 Å². The molecule has 0 amide bonds. The van der Waals surface area contributed by atoms with Gasteiger partial charge in [0.1, 0.15) is 0 Å². The van der Waals surface area contributed by atoms with Gasteiger partial charge in [0.25, 0.3) is 0 Å². The SMILES string of the molecule is c1ccc2c(c1)-c1ccccc1C21c2ccccc2-c2c(-c3ccc(-c4ccc5c(c4)-c4cccc6cccc(c46)S5)cc3)cccc21. The molecule has 11 rings (SSSR count). The molecule has 0 unspecified atom stereocenters. The predicted molar refractivity (Wildman–Crippen MR) is 201 cm³/mol. The monoisotopic (exact) mass is 624 g/mol. The van der Waals surface area contributed by atoms with Crippen LogP contribution < -0.4 is 0 Å². The summed E-state index contributed by atoms with van der Waals surface area (Å²) >= 11 is 1.88. The fourth-order valence-electron chi connectivity index (χ4n) is 8.97. The molecule has 0 saturated heterocycles. The lowest BCUT2D eigenvalue weighted by Gasteiger charge is -2.30. The van der Waals surface area contributed by atoms with E-state index in [0.29, 0.717) is 0 Å². The maximum absolute atomic E-state index is 2.39. The summed E-state index contributed by atoms with van der Waals surface area (Å²) < 4.78 is 0. The number of benzene rings is 8. The van der Waals surface area contributed by atoms with Gasteiger partial charge in [0, 0.05) is 15.2 Å². The normalized spacial score (nSPS) is 13.9. The Labute approximate surface area is 284 Å². The van der Waals surface area contributed by atoms with Crippen molar-refractivity contribution in [3.05, 3.63) is 192 Å². The first-order valence-electron chi connectivity index (χ1n) is 16.7. The summed E-state index contributed by atoms with van der Waals surface area (Å²) in [7, 11) is 0. The molecule has 8 aromatic rings. The average Bonchev–Trinajstić information content (AvgIpc) is 3.63. The summed E-state index contributed by atoms with van der Waals surface area (Å²) in [6, 6.07) is 63.6. The zero-order valence-corrected chi connectivity index (χ0v) is 26.9. The molecule has 0 fully saturated rings. The molecule has 0 atom stereocenters. The van der Waals surface area contributed by atoms with Gasteiger partial charge >= 0.3 is 0 Å². The second-order valence-corrected chi connectivity index (χ2v) is 14.2. The van der Waals surface area contributed by atoms with E-state index in [4.69, 9.17) is 0 Å². The molecule has 0 bridgehead atoms. The van der Waals surface area contributed by atoms with E-state index >= 15 is 0 Å². The molecule has 48 heavy (non-hydrogen) atoms. The van der Waals surface area contributed by atoms with E-state index in [1.807, 2.05) is 11.8 Å². The lowest BCUT2D eigenvalue weighted by atomic mass is 9.70. The molecule has 1 heteroatoms. The van der Waals surface area contributed by atoms with Crippen molar-refractivity contribution in [2.45, 2.75) is 15.2 Å². The zero-order valence-electron chi connectivity index (χ0n) is 26.1. The van der Waals surface area contributed by atoms with Crippen LogP contribution in [-0.2, 0) is 5.41 Å². The van der Waals surface area contributed by atoms with Crippen molar-refractivity contribution in [1.29, 1.82) is 0 Å². The molecule has 8 aromatic carbocycles. The molecule has 0 saturated carbocycles. The first-order valence-corrected chi connectivity index (χ1v) is 17.5. The minimum atomic E-state index is -0.322. The number of hydrogen-bond acceptors (Lipinski definition) is 1. The van der Waals surface area contributed by atoms with Crippen molar-refractivity contribution >= 4 is 22.5 Å². The van der Waals surface area contributed by atoms with E-state index in [0.717, 1.165) is 0 Å². The Hall–Kier alpha value is -5.63. The van der Waals surface area contributed by atoms with Crippen molar-refractivity contribution in [3.63, 3.8) is 0 Å². The second-order valence-electron chi connectivity index (χ2n) is 13.2. The lowest BCUT2D eigenvalue weighted by Crippen LogP contribution is -2.25. The van der Waals surface area contributed by atoms with Crippen molar-refractivity contribution < 1.29 is 0 Å². The summed E-state index contributed by atoms with van der Waals surface area (Å²) in [6.07, 6.45) is 0. The molecular weight excluding hydrogens is 597 g/mol. The van der Waals surface area contributed by atoms with Gasteiger partial charge in [0.15, 0.2) is 0 Å². The molecule has 0 radical (unpaired) electrons. The van der Waals surface area contributed by atoms with Crippen LogP contribution in [0.4, 0.5) is 0 Å². The molecule has 0 N–H and O–H groups in total. The molecule has 1 aliphatic heterocycles. The molecule has 1 spiro atoms. The maximum Gasteiger partial charge on any atom is 0.0725 e. The first kappa shape index (κ1) is 26.4. The Morgan fingerprint density at radius 3 is 1.62 bits per heavy atom. The molecule has 0 nitrogen and oxygen atoms in total. The molecule has 2 aliphatic carbocycles. The maximum atomic E-state index is 2.39. The van der Waals surface area contributed by atoms with Crippen LogP contribution in [-0.4, -0.2) is 0 Å². The number of hydrogen-bond donors (Lipinski definition) is 0. The summed E-state index contributed by atoms with van der Waals surface area (Å²) in [4.78, 5) is 2.67. The third-order valence-electron chi connectivity index (χ3n) is 10.9.